The molecule has 1 aliphatic heterocycles. The van der Waals surface area contributed by atoms with E-state index >= 15 is 0 Å². The van der Waals surface area contributed by atoms with E-state index in [2.05, 4.69) is 41.0 Å². The standard InChI is InChI=1S/C32H39N5O3/c1-7-36(6)11-9-23-13-28(27-15-24(22(5)38)18-34-20(27)3)26-10-12-37(32(39)29(26)14-23)21(4)30-16-31(40-8-2)25(17-33)19-35-30/h13-16,18-19,21-22,38H,7-12H2,1-6H3/t21-,22?/m0/s1. The lowest BCUT2D eigenvalue weighted by molar-refractivity contribution is 0.0669. The molecule has 0 saturated carbocycles. The summed E-state index contributed by atoms with van der Waals surface area (Å²) >= 11 is 0. The van der Waals surface area contributed by atoms with Crippen molar-refractivity contribution in [1.29, 1.82) is 5.26 Å². The van der Waals surface area contributed by atoms with E-state index in [1.165, 1.54) is 6.20 Å². The summed E-state index contributed by atoms with van der Waals surface area (Å²) in [7, 11) is 2.09. The summed E-state index contributed by atoms with van der Waals surface area (Å²) in [5, 5.41) is 19.7. The summed E-state index contributed by atoms with van der Waals surface area (Å²) < 4.78 is 5.67. The van der Waals surface area contributed by atoms with Crippen molar-refractivity contribution in [1.82, 2.24) is 19.8 Å². The van der Waals surface area contributed by atoms with E-state index < -0.39 is 6.10 Å². The van der Waals surface area contributed by atoms with Crippen LogP contribution in [-0.2, 0) is 12.8 Å². The predicted molar refractivity (Wildman–Crippen MR) is 155 cm³/mol. The third-order valence-corrected chi connectivity index (χ3v) is 7.81. The Morgan fingerprint density at radius 2 is 1.88 bits per heavy atom. The van der Waals surface area contributed by atoms with E-state index in [1.54, 1.807) is 19.2 Å². The van der Waals surface area contributed by atoms with Crippen LogP contribution in [0.3, 0.4) is 0 Å². The lowest BCUT2D eigenvalue weighted by atomic mass is 9.86. The molecule has 1 aromatic carbocycles. The van der Waals surface area contributed by atoms with Crippen molar-refractivity contribution in [3.05, 3.63) is 75.9 Å². The first-order chi connectivity index (χ1) is 19.2. The molecule has 0 saturated heterocycles. The van der Waals surface area contributed by atoms with Gasteiger partial charge in [-0.1, -0.05) is 13.0 Å². The average Bonchev–Trinajstić information content (AvgIpc) is 2.95. The molecular formula is C32H39N5O3. The van der Waals surface area contributed by atoms with Gasteiger partial charge in [0.2, 0.25) is 0 Å². The summed E-state index contributed by atoms with van der Waals surface area (Å²) in [6, 6.07) is 9.84. The van der Waals surface area contributed by atoms with E-state index in [0.717, 1.165) is 53.0 Å². The minimum atomic E-state index is -0.636. The quantitative estimate of drug-likeness (QED) is 0.384. The third kappa shape index (κ3) is 6.01. The molecule has 1 N–H and O–H groups in total. The van der Waals surface area contributed by atoms with Gasteiger partial charge in [-0.3, -0.25) is 14.8 Å². The fourth-order valence-electron chi connectivity index (χ4n) is 5.16. The Bertz CT molecular complexity index is 1430. The number of aryl methyl sites for hydroxylation is 1. The van der Waals surface area contributed by atoms with Crippen LogP contribution in [0.15, 0.2) is 36.7 Å². The van der Waals surface area contributed by atoms with Crippen molar-refractivity contribution in [2.75, 3.05) is 33.3 Å². The number of aromatic nitrogens is 2. The first-order valence-corrected chi connectivity index (χ1v) is 14.0. The number of hydrogen-bond donors (Lipinski definition) is 1. The summed E-state index contributed by atoms with van der Waals surface area (Å²) in [5.41, 5.74) is 7.44. The van der Waals surface area contributed by atoms with Crippen LogP contribution in [0.4, 0.5) is 0 Å². The highest BCUT2D eigenvalue weighted by Crippen LogP contribution is 2.37. The molecule has 1 aliphatic rings. The minimum absolute atomic E-state index is 0.0397. The molecule has 1 amide bonds. The Labute approximate surface area is 237 Å². The van der Waals surface area contributed by atoms with Gasteiger partial charge in [0, 0.05) is 48.4 Å². The number of nitrogens with zero attached hydrogens (tertiary/aromatic N) is 5. The predicted octanol–water partition coefficient (Wildman–Crippen LogP) is 5.03. The molecule has 210 valence electrons. The monoisotopic (exact) mass is 541 g/mol. The van der Waals surface area contributed by atoms with Gasteiger partial charge in [-0.05, 0) is 88.5 Å². The topological polar surface area (TPSA) is 103 Å². The number of carbonyl (C=O) groups excluding carboxylic acids is 1. The number of amides is 1. The van der Waals surface area contributed by atoms with Crippen LogP contribution in [0.5, 0.6) is 5.75 Å². The Balaban J connectivity index is 1.77. The summed E-state index contributed by atoms with van der Waals surface area (Å²) in [6.07, 6.45) is 4.09. The molecule has 0 aliphatic carbocycles. The zero-order chi connectivity index (χ0) is 29.0. The first kappa shape index (κ1) is 29.2. The highest BCUT2D eigenvalue weighted by Gasteiger charge is 2.32. The molecule has 0 fully saturated rings. The van der Waals surface area contributed by atoms with Crippen LogP contribution in [0, 0.1) is 18.3 Å². The molecule has 2 atom stereocenters. The molecular weight excluding hydrogens is 502 g/mol. The fraction of sp³-hybridized carbons (Fsp3) is 0.438. The Morgan fingerprint density at radius 1 is 1.12 bits per heavy atom. The molecule has 3 heterocycles. The fourth-order valence-corrected chi connectivity index (χ4v) is 5.16. The highest BCUT2D eigenvalue weighted by atomic mass is 16.5. The number of hydrogen-bond acceptors (Lipinski definition) is 7. The second-order valence-electron chi connectivity index (χ2n) is 10.5. The maximum Gasteiger partial charge on any atom is 0.254 e. The molecule has 8 nitrogen and oxygen atoms in total. The van der Waals surface area contributed by atoms with Crippen molar-refractivity contribution in [2.45, 2.75) is 59.6 Å². The number of carbonyl (C=O) groups is 1. The van der Waals surface area contributed by atoms with Crippen molar-refractivity contribution < 1.29 is 14.6 Å². The Hall–Kier alpha value is -3.80. The minimum Gasteiger partial charge on any atom is -0.492 e. The van der Waals surface area contributed by atoms with E-state index in [-0.39, 0.29) is 11.9 Å². The summed E-state index contributed by atoms with van der Waals surface area (Å²) in [6.45, 7) is 12.5. The van der Waals surface area contributed by atoms with Gasteiger partial charge in [-0.2, -0.15) is 5.26 Å². The molecule has 8 heteroatoms. The number of rotatable bonds is 10. The van der Waals surface area contributed by atoms with Crippen LogP contribution in [-0.4, -0.2) is 64.1 Å². The smallest absolute Gasteiger partial charge is 0.254 e. The molecule has 4 rings (SSSR count). The maximum absolute atomic E-state index is 14.1. The number of likely N-dealkylation sites (N-methyl/N-ethyl adjacent to an activating group) is 1. The SMILES string of the molecule is CCOc1cc([C@H](C)N2CCc3c(cc(CCN(C)CC)cc3-c3cc(C(C)O)cnc3C)C2=O)ncc1C#N. The number of aliphatic hydroxyl groups excluding tert-OH is 1. The number of ether oxygens (including phenoxy) is 1. The van der Waals surface area contributed by atoms with Gasteiger partial charge in [0.15, 0.2) is 0 Å². The third-order valence-electron chi connectivity index (χ3n) is 7.81. The molecule has 2 aromatic heterocycles. The van der Waals surface area contributed by atoms with Crippen LogP contribution < -0.4 is 4.74 Å². The van der Waals surface area contributed by atoms with E-state index in [9.17, 15) is 15.2 Å². The summed E-state index contributed by atoms with van der Waals surface area (Å²) in [5.74, 6) is 0.444. The number of fused-ring (bicyclic) bond motifs is 1. The molecule has 40 heavy (non-hydrogen) atoms. The highest BCUT2D eigenvalue weighted by molar-refractivity contribution is 5.99. The Kier molecular flexibility index (Phi) is 9.18. The van der Waals surface area contributed by atoms with Crippen LogP contribution in [0.2, 0.25) is 0 Å². The first-order valence-electron chi connectivity index (χ1n) is 14.0. The molecule has 0 radical (unpaired) electrons. The molecule has 3 aromatic rings. The van der Waals surface area contributed by atoms with E-state index in [0.29, 0.717) is 42.1 Å². The van der Waals surface area contributed by atoms with E-state index in [4.69, 9.17) is 4.74 Å². The van der Waals surface area contributed by atoms with Gasteiger partial charge in [-0.15, -0.1) is 0 Å². The summed E-state index contributed by atoms with van der Waals surface area (Å²) in [4.78, 5) is 27.3. The van der Waals surface area contributed by atoms with Gasteiger partial charge in [0.25, 0.3) is 5.91 Å². The van der Waals surface area contributed by atoms with Crippen molar-refractivity contribution in [3.8, 4) is 22.9 Å². The van der Waals surface area contributed by atoms with Crippen molar-refractivity contribution in [2.24, 2.45) is 0 Å². The van der Waals surface area contributed by atoms with Crippen LogP contribution in [0.1, 0.15) is 83.8 Å². The number of nitriles is 1. The van der Waals surface area contributed by atoms with Crippen molar-refractivity contribution >= 4 is 5.91 Å². The molecule has 1 unspecified atom stereocenters. The zero-order valence-corrected chi connectivity index (χ0v) is 24.4. The van der Waals surface area contributed by atoms with Crippen molar-refractivity contribution in [3.63, 3.8) is 0 Å². The molecule has 0 spiro atoms. The Morgan fingerprint density at radius 3 is 2.55 bits per heavy atom. The zero-order valence-electron chi connectivity index (χ0n) is 24.4. The maximum atomic E-state index is 14.1. The largest absolute Gasteiger partial charge is 0.492 e. The van der Waals surface area contributed by atoms with Crippen LogP contribution >= 0.6 is 0 Å². The van der Waals surface area contributed by atoms with E-state index in [1.807, 2.05) is 37.8 Å². The van der Waals surface area contributed by atoms with Gasteiger partial charge in [-0.25, -0.2) is 0 Å². The normalized spacial score (nSPS) is 14.6. The van der Waals surface area contributed by atoms with Gasteiger partial charge >= 0.3 is 0 Å². The van der Waals surface area contributed by atoms with Gasteiger partial charge < -0.3 is 19.6 Å². The second-order valence-corrected chi connectivity index (χ2v) is 10.5. The average molecular weight is 542 g/mol. The van der Waals surface area contributed by atoms with Crippen LogP contribution in [0.25, 0.3) is 11.1 Å². The second kappa shape index (κ2) is 12.6. The lowest BCUT2D eigenvalue weighted by Gasteiger charge is -2.35. The number of pyridine rings is 2. The lowest BCUT2D eigenvalue weighted by Crippen LogP contribution is -2.40. The number of benzene rings is 1. The van der Waals surface area contributed by atoms with Gasteiger partial charge in [0.05, 0.1) is 24.4 Å². The molecule has 0 bridgehead atoms. The number of aliphatic hydroxyl groups is 1. The van der Waals surface area contributed by atoms with Gasteiger partial charge in [0.1, 0.15) is 17.4 Å².